The van der Waals surface area contributed by atoms with Gasteiger partial charge >= 0.3 is 17.9 Å². The third-order valence-electron chi connectivity index (χ3n) is 3.76. The highest BCUT2D eigenvalue weighted by atomic mass is 16.6. The Morgan fingerprint density at radius 2 is 1.81 bits per heavy atom. The maximum Gasteiger partial charge on any atom is 0.317 e. The fraction of sp³-hybridized carbons (Fsp3) is 0.545. The maximum atomic E-state index is 11.6. The topological polar surface area (TPSA) is 69.7 Å². The zero-order valence-electron chi connectivity index (χ0n) is 8.47. The molecule has 0 aromatic carbocycles. The number of hydrogen-bond donors (Lipinski definition) is 0. The Morgan fingerprint density at radius 1 is 1.06 bits per heavy atom. The van der Waals surface area contributed by atoms with E-state index in [1.165, 1.54) is 0 Å². The molecule has 2 saturated heterocycles. The van der Waals surface area contributed by atoms with Crippen LogP contribution in [0.2, 0.25) is 0 Å². The molecule has 3 fully saturated rings. The number of cyclic esters (lactones) is 3. The quantitative estimate of drug-likeness (QED) is 0.438. The van der Waals surface area contributed by atoms with Crippen LogP contribution < -0.4 is 0 Å². The molecular formula is C11H10O5. The first-order chi connectivity index (χ1) is 7.58. The Labute approximate surface area is 91.4 Å². The van der Waals surface area contributed by atoms with Gasteiger partial charge < -0.3 is 9.47 Å². The molecule has 5 nitrogen and oxygen atoms in total. The molecule has 2 bridgehead atoms. The Balaban J connectivity index is 2.02. The summed E-state index contributed by atoms with van der Waals surface area (Å²) in [7, 11) is 0. The van der Waals surface area contributed by atoms with Crippen molar-refractivity contribution in [1.29, 1.82) is 0 Å². The average molecular weight is 222 g/mol. The molecule has 0 radical (unpaired) electrons. The first kappa shape index (κ1) is 9.57. The van der Waals surface area contributed by atoms with Crippen LogP contribution in [0, 0.1) is 23.7 Å². The molecule has 3 aliphatic rings. The third-order valence-corrected chi connectivity index (χ3v) is 3.76. The van der Waals surface area contributed by atoms with Crippen LogP contribution in [0.15, 0.2) is 12.3 Å². The molecule has 4 atom stereocenters. The van der Waals surface area contributed by atoms with Crippen LogP contribution in [0.1, 0.15) is 12.8 Å². The minimum atomic E-state index is -0.544. The number of rotatable bonds is 0. The molecule has 0 aromatic rings. The van der Waals surface area contributed by atoms with Crippen molar-refractivity contribution in [2.75, 3.05) is 0 Å². The Kier molecular flexibility index (Phi) is 1.75. The number of carbonyl (C=O) groups excluding carboxylic acids is 3. The second kappa shape index (κ2) is 2.93. The number of allylic oxidation sites excluding steroid dienone is 1. The van der Waals surface area contributed by atoms with Gasteiger partial charge in [-0.25, -0.2) is 0 Å². The summed E-state index contributed by atoms with van der Waals surface area (Å²) in [5.74, 6) is -2.32. The Morgan fingerprint density at radius 3 is 2.56 bits per heavy atom. The molecule has 0 amide bonds. The molecule has 0 aromatic heterocycles. The third kappa shape index (κ3) is 1.08. The van der Waals surface area contributed by atoms with Gasteiger partial charge in [0.05, 0.1) is 18.3 Å². The largest absolute Gasteiger partial charge is 0.431 e. The normalized spacial score (nSPS) is 41.5. The number of esters is 3. The molecule has 2 aliphatic heterocycles. The van der Waals surface area contributed by atoms with E-state index < -0.39 is 17.9 Å². The van der Waals surface area contributed by atoms with Gasteiger partial charge in [0.2, 0.25) is 0 Å². The predicted molar refractivity (Wildman–Crippen MR) is 49.5 cm³/mol. The summed E-state index contributed by atoms with van der Waals surface area (Å²) in [6.07, 6.45) is 0.676. The maximum absolute atomic E-state index is 11.6. The zero-order valence-corrected chi connectivity index (χ0v) is 8.47. The van der Waals surface area contributed by atoms with Gasteiger partial charge in [0.25, 0.3) is 0 Å². The molecular weight excluding hydrogens is 212 g/mol. The molecule has 2 heterocycles. The molecule has 16 heavy (non-hydrogen) atoms. The highest BCUT2D eigenvalue weighted by Gasteiger charge is 2.58. The fourth-order valence-electron chi connectivity index (χ4n) is 3.05. The van der Waals surface area contributed by atoms with Gasteiger partial charge in [0, 0.05) is 5.92 Å². The van der Waals surface area contributed by atoms with E-state index in [2.05, 4.69) is 11.3 Å². The SMILES string of the molecule is C=C1OC(=O)C2CC1C1C(=O)OC(=O)CC21. The Bertz CT molecular complexity index is 424. The molecule has 1 saturated carbocycles. The second-order valence-electron chi connectivity index (χ2n) is 4.52. The number of ether oxygens (including phenoxy) is 2. The van der Waals surface area contributed by atoms with E-state index in [0.717, 1.165) is 0 Å². The predicted octanol–water partition coefficient (Wildman–Crippen LogP) is 0.399. The first-order valence-electron chi connectivity index (χ1n) is 5.23. The summed E-state index contributed by atoms with van der Waals surface area (Å²) in [5, 5.41) is 0. The lowest BCUT2D eigenvalue weighted by Crippen LogP contribution is -2.36. The molecule has 5 heteroatoms. The van der Waals surface area contributed by atoms with Crippen molar-refractivity contribution in [3.05, 3.63) is 12.3 Å². The fourth-order valence-corrected chi connectivity index (χ4v) is 3.05. The van der Waals surface area contributed by atoms with Crippen LogP contribution in [0.5, 0.6) is 0 Å². The lowest BCUT2D eigenvalue weighted by atomic mass is 9.83. The van der Waals surface area contributed by atoms with Gasteiger partial charge in [-0.3, -0.25) is 14.4 Å². The second-order valence-corrected chi connectivity index (χ2v) is 4.52. The highest BCUT2D eigenvalue weighted by molar-refractivity contribution is 5.92. The molecule has 0 N–H and O–H groups in total. The van der Waals surface area contributed by atoms with Crippen molar-refractivity contribution in [1.82, 2.24) is 0 Å². The molecule has 84 valence electrons. The summed E-state index contributed by atoms with van der Waals surface area (Å²) in [4.78, 5) is 34.4. The van der Waals surface area contributed by atoms with E-state index >= 15 is 0 Å². The van der Waals surface area contributed by atoms with Crippen LogP contribution in [-0.4, -0.2) is 17.9 Å². The van der Waals surface area contributed by atoms with E-state index in [0.29, 0.717) is 12.2 Å². The van der Waals surface area contributed by atoms with Gasteiger partial charge in [0.15, 0.2) is 0 Å². The van der Waals surface area contributed by atoms with Crippen LogP contribution in [0.3, 0.4) is 0 Å². The smallest absolute Gasteiger partial charge is 0.317 e. The van der Waals surface area contributed by atoms with Crippen molar-refractivity contribution < 1.29 is 23.9 Å². The summed E-state index contributed by atoms with van der Waals surface area (Å²) >= 11 is 0. The van der Waals surface area contributed by atoms with Crippen molar-refractivity contribution in [2.45, 2.75) is 12.8 Å². The van der Waals surface area contributed by atoms with Crippen molar-refractivity contribution in [3.63, 3.8) is 0 Å². The number of fused-ring (bicyclic) bond motifs is 5. The van der Waals surface area contributed by atoms with Crippen molar-refractivity contribution >= 4 is 17.9 Å². The average Bonchev–Trinajstić information content (AvgIpc) is 2.52. The first-order valence-corrected chi connectivity index (χ1v) is 5.23. The van der Waals surface area contributed by atoms with Crippen LogP contribution in [-0.2, 0) is 23.9 Å². The number of hydrogen-bond acceptors (Lipinski definition) is 5. The summed E-state index contributed by atoms with van der Waals surface area (Å²) in [5.41, 5.74) is 0. The van der Waals surface area contributed by atoms with Gasteiger partial charge in [-0.05, 0) is 12.3 Å². The van der Waals surface area contributed by atoms with Gasteiger partial charge in [0.1, 0.15) is 5.76 Å². The van der Waals surface area contributed by atoms with Crippen LogP contribution in [0.4, 0.5) is 0 Å². The molecule has 3 rings (SSSR count). The minimum Gasteiger partial charge on any atom is -0.431 e. The summed E-state index contributed by atoms with van der Waals surface area (Å²) < 4.78 is 9.60. The van der Waals surface area contributed by atoms with Gasteiger partial charge in [-0.1, -0.05) is 6.58 Å². The molecule has 4 unspecified atom stereocenters. The van der Waals surface area contributed by atoms with E-state index in [9.17, 15) is 14.4 Å². The zero-order chi connectivity index (χ0) is 11.4. The van der Waals surface area contributed by atoms with E-state index in [1.807, 2.05) is 0 Å². The van der Waals surface area contributed by atoms with Crippen LogP contribution in [0.25, 0.3) is 0 Å². The molecule has 1 aliphatic carbocycles. The standard InChI is InChI=1S/C11H10O5/c1-4-5-2-7(10(13)15-4)6-3-8(12)16-11(14)9(5)6/h5-7,9H,1-3H2. The lowest BCUT2D eigenvalue weighted by molar-refractivity contribution is -0.171. The van der Waals surface area contributed by atoms with Gasteiger partial charge in [-0.2, -0.15) is 0 Å². The van der Waals surface area contributed by atoms with E-state index in [4.69, 9.17) is 4.74 Å². The van der Waals surface area contributed by atoms with Crippen LogP contribution >= 0.6 is 0 Å². The number of carbonyl (C=O) groups is 3. The summed E-state index contributed by atoms with van der Waals surface area (Å²) in [6, 6.07) is 0. The van der Waals surface area contributed by atoms with E-state index in [-0.39, 0.29) is 30.1 Å². The van der Waals surface area contributed by atoms with E-state index in [1.54, 1.807) is 0 Å². The van der Waals surface area contributed by atoms with Crippen molar-refractivity contribution in [3.8, 4) is 0 Å². The molecule has 0 spiro atoms. The monoisotopic (exact) mass is 222 g/mol. The minimum absolute atomic E-state index is 0.125. The van der Waals surface area contributed by atoms with Gasteiger partial charge in [-0.15, -0.1) is 0 Å². The lowest BCUT2D eigenvalue weighted by Gasteiger charge is -2.25. The highest BCUT2D eigenvalue weighted by Crippen LogP contribution is 2.52. The van der Waals surface area contributed by atoms with Crippen molar-refractivity contribution in [2.24, 2.45) is 23.7 Å². The summed E-state index contributed by atoms with van der Waals surface area (Å²) in [6.45, 7) is 3.65. The Hall–Kier alpha value is -1.65.